The molecule has 82 valence electrons. The van der Waals surface area contributed by atoms with Crippen molar-refractivity contribution < 1.29 is 14.6 Å². The summed E-state index contributed by atoms with van der Waals surface area (Å²) in [6.07, 6.45) is 1.16. The summed E-state index contributed by atoms with van der Waals surface area (Å²) in [4.78, 5) is 13.1. The molecule has 1 amide bonds. The lowest BCUT2D eigenvalue weighted by atomic mass is 10.1. The Hall–Kier alpha value is -0.770. The predicted molar refractivity (Wildman–Crippen MR) is 53.0 cm³/mol. The maximum atomic E-state index is 11.4. The molecule has 1 unspecified atom stereocenters. The number of carbonyl (C=O) groups excluding carboxylic acids is 1. The fraction of sp³-hybridized carbons (Fsp3) is 0.900. The van der Waals surface area contributed by atoms with E-state index in [0.717, 1.165) is 19.4 Å². The Labute approximate surface area is 84.8 Å². The number of aliphatic hydroxyl groups excluding tert-OH is 1. The molecule has 1 aliphatic heterocycles. The first-order chi connectivity index (χ1) is 6.63. The molecule has 0 saturated carbocycles. The van der Waals surface area contributed by atoms with E-state index in [9.17, 15) is 4.79 Å². The van der Waals surface area contributed by atoms with E-state index in [4.69, 9.17) is 9.84 Å². The van der Waals surface area contributed by atoms with Crippen molar-refractivity contribution in [2.75, 3.05) is 19.7 Å². The highest BCUT2D eigenvalue weighted by atomic mass is 16.6. The summed E-state index contributed by atoms with van der Waals surface area (Å²) >= 11 is 0. The molecule has 14 heavy (non-hydrogen) atoms. The van der Waals surface area contributed by atoms with Crippen molar-refractivity contribution >= 4 is 6.09 Å². The zero-order valence-electron chi connectivity index (χ0n) is 8.90. The van der Waals surface area contributed by atoms with Gasteiger partial charge >= 0.3 is 6.09 Å². The molecule has 1 saturated heterocycles. The highest BCUT2D eigenvalue weighted by molar-refractivity contribution is 5.68. The number of cyclic esters (lactones) is 1. The van der Waals surface area contributed by atoms with Crippen molar-refractivity contribution in [3.63, 3.8) is 0 Å². The van der Waals surface area contributed by atoms with E-state index < -0.39 is 0 Å². The van der Waals surface area contributed by atoms with Gasteiger partial charge in [0.05, 0.1) is 6.61 Å². The molecule has 0 aromatic carbocycles. The summed E-state index contributed by atoms with van der Waals surface area (Å²) in [5, 5.41) is 8.82. The third-order valence-electron chi connectivity index (χ3n) is 2.43. The van der Waals surface area contributed by atoms with Crippen LogP contribution in [-0.2, 0) is 4.74 Å². The first kappa shape index (κ1) is 11.3. The second-order valence-corrected chi connectivity index (χ2v) is 4.15. The molecular formula is C10H19NO3. The average Bonchev–Trinajstić information content (AvgIpc) is 2.15. The number of amides is 1. The van der Waals surface area contributed by atoms with Gasteiger partial charge in [0.2, 0.25) is 0 Å². The van der Waals surface area contributed by atoms with Crippen molar-refractivity contribution in [2.24, 2.45) is 5.92 Å². The Kier molecular flexibility index (Phi) is 4.20. The molecule has 0 spiro atoms. The standard InChI is InChI=1S/C10H19NO3/c1-8(2)3-5-11-6-4-9(7-12)14-10(11)13/h8-9,12H,3-7H2,1-2H3. The second-order valence-electron chi connectivity index (χ2n) is 4.15. The lowest BCUT2D eigenvalue weighted by molar-refractivity contribution is -0.00175. The van der Waals surface area contributed by atoms with E-state index in [-0.39, 0.29) is 18.8 Å². The number of carbonyl (C=O) groups is 1. The molecule has 1 atom stereocenters. The number of hydrogen-bond donors (Lipinski definition) is 1. The van der Waals surface area contributed by atoms with Gasteiger partial charge in [0.25, 0.3) is 0 Å². The van der Waals surface area contributed by atoms with E-state index >= 15 is 0 Å². The van der Waals surface area contributed by atoms with Gasteiger partial charge in [-0.3, -0.25) is 0 Å². The summed E-state index contributed by atoms with van der Waals surface area (Å²) in [7, 11) is 0. The lowest BCUT2D eigenvalue weighted by Crippen LogP contribution is -2.43. The Morgan fingerprint density at radius 2 is 2.36 bits per heavy atom. The fourth-order valence-electron chi connectivity index (χ4n) is 1.41. The highest BCUT2D eigenvalue weighted by Crippen LogP contribution is 2.13. The van der Waals surface area contributed by atoms with Gasteiger partial charge < -0.3 is 14.7 Å². The monoisotopic (exact) mass is 201 g/mol. The van der Waals surface area contributed by atoms with Crippen LogP contribution in [-0.4, -0.2) is 41.9 Å². The van der Waals surface area contributed by atoms with E-state index in [1.165, 1.54) is 0 Å². The molecule has 4 heteroatoms. The van der Waals surface area contributed by atoms with Gasteiger partial charge in [0.15, 0.2) is 0 Å². The van der Waals surface area contributed by atoms with Crippen molar-refractivity contribution in [2.45, 2.75) is 32.8 Å². The Bertz CT molecular complexity index is 194. The smallest absolute Gasteiger partial charge is 0.410 e. The SMILES string of the molecule is CC(C)CCN1CCC(CO)OC1=O. The molecule has 0 aliphatic carbocycles. The molecule has 0 aromatic rings. The zero-order chi connectivity index (χ0) is 10.6. The van der Waals surface area contributed by atoms with Crippen LogP contribution in [0.2, 0.25) is 0 Å². The van der Waals surface area contributed by atoms with Gasteiger partial charge in [-0.1, -0.05) is 13.8 Å². The summed E-state index contributed by atoms with van der Waals surface area (Å²) in [5.74, 6) is 0.596. The van der Waals surface area contributed by atoms with Crippen LogP contribution in [0.5, 0.6) is 0 Å². The summed E-state index contributed by atoms with van der Waals surface area (Å²) in [5.41, 5.74) is 0. The molecule has 4 nitrogen and oxygen atoms in total. The normalized spacial score (nSPS) is 22.7. The van der Waals surface area contributed by atoms with Crippen LogP contribution in [0.25, 0.3) is 0 Å². The van der Waals surface area contributed by atoms with Gasteiger partial charge in [-0.25, -0.2) is 4.79 Å². The lowest BCUT2D eigenvalue weighted by Gasteiger charge is -2.31. The van der Waals surface area contributed by atoms with Gasteiger partial charge in [-0.2, -0.15) is 0 Å². The molecule has 1 heterocycles. The highest BCUT2D eigenvalue weighted by Gasteiger charge is 2.25. The van der Waals surface area contributed by atoms with Gasteiger partial charge in [0, 0.05) is 19.5 Å². The molecule has 0 aromatic heterocycles. The third kappa shape index (κ3) is 3.18. The third-order valence-corrected chi connectivity index (χ3v) is 2.43. The minimum Gasteiger partial charge on any atom is -0.444 e. The van der Waals surface area contributed by atoms with E-state index in [1.807, 2.05) is 0 Å². The maximum Gasteiger partial charge on any atom is 0.410 e. The molecule has 0 bridgehead atoms. The summed E-state index contributed by atoms with van der Waals surface area (Å²) in [6.45, 7) is 5.66. The van der Waals surface area contributed by atoms with E-state index in [1.54, 1.807) is 4.90 Å². The van der Waals surface area contributed by atoms with Crippen molar-refractivity contribution in [3.8, 4) is 0 Å². The Balaban J connectivity index is 2.31. The quantitative estimate of drug-likeness (QED) is 0.744. The van der Waals surface area contributed by atoms with Gasteiger partial charge in [0.1, 0.15) is 6.10 Å². The minimum atomic E-state index is -0.294. The number of ether oxygens (including phenoxy) is 1. The zero-order valence-corrected chi connectivity index (χ0v) is 8.90. The first-order valence-electron chi connectivity index (χ1n) is 5.20. The second kappa shape index (κ2) is 5.20. The van der Waals surface area contributed by atoms with Crippen molar-refractivity contribution in [1.82, 2.24) is 4.90 Å². The van der Waals surface area contributed by atoms with Crippen LogP contribution in [0.1, 0.15) is 26.7 Å². The molecule has 1 rings (SSSR count). The summed E-state index contributed by atoms with van der Waals surface area (Å²) < 4.78 is 5.02. The van der Waals surface area contributed by atoms with Crippen molar-refractivity contribution in [1.29, 1.82) is 0 Å². The van der Waals surface area contributed by atoms with Crippen LogP contribution >= 0.6 is 0 Å². The van der Waals surface area contributed by atoms with Crippen LogP contribution < -0.4 is 0 Å². The Morgan fingerprint density at radius 3 is 2.86 bits per heavy atom. The largest absolute Gasteiger partial charge is 0.444 e. The maximum absolute atomic E-state index is 11.4. The number of rotatable bonds is 4. The molecule has 1 fully saturated rings. The number of nitrogens with zero attached hydrogens (tertiary/aromatic N) is 1. The molecule has 1 aliphatic rings. The molecular weight excluding hydrogens is 182 g/mol. The molecule has 0 radical (unpaired) electrons. The van der Waals surface area contributed by atoms with E-state index in [0.29, 0.717) is 12.5 Å². The van der Waals surface area contributed by atoms with Crippen molar-refractivity contribution in [3.05, 3.63) is 0 Å². The number of hydrogen-bond acceptors (Lipinski definition) is 3. The Morgan fingerprint density at radius 1 is 1.64 bits per heavy atom. The fourth-order valence-corrected chi connectivity index (χ4v) is 1.41. The topological polar surface area (TPSA) is 49.8 Å². The van der Waals surface area contributed by atoms with Gasteiger partial charge in [-0.05, 0) is 12.3 Å². The number of aliphatic hydroxyl groups is 1. The summed E-state index contributed by atoms with van der Waals surface area (Å²) in [6, 6.07) is 0. The molecule has 1 N–H and O–H groups in total. The van der Waals surface area contributed by atoms with Gasteiger partial charge in [-0.15, -0.1) is 0 Å². The van der Waals surface area contributed by atoms with Crippen LogP contribution in [0, 0.1) is 5.92 Å². The van der Waals surface area contributed by atoms with E-state index in [2.05, 4.69) is 13.8 Å². The first-order valence-corrected chi connectivity index (χ1v) is 5.20. The van der Waals surface area contributed by atoms with Crippen LogP contribution in [0.3, 0.4) is 0 Å². The van der Waals surface area contributed by atoms with Crippen LogP contribution in [0.15, 0.2) is 0 Å². The van der Waals surface area contributed by atoms with Crippen LogP contribution in [0.4, 0.5) is 4.79 Å². The predicted octanol–water partition coefficient (Wildman–Crippen LogP) is 1.24. The average molecular weight is 201 g/mol. The minimum absolute atomic E-state index is 0.0657.